The lowest BCUT2D eigenvalue weighted by atomic mass is 9.81. The van der Waals surface area contributed by atoms with E-state index < -0.39 is 18.3 Å². The van der Waals surface area contributed by atoms with Crippen molar-refractivity contribution >= 4 is 12.8 Å². The molecular formula is C15H20BNO4. The molecule has 0 aliphatic rings. The number of hydrogen-bond acceptors (Lipinski definition) is 5. The first kappa shape index (κ1) is 15.8. The minimum Gasteiger partial charge on any atom is -0.472 e. The summed E-state index contributed by atoms with van der Waals surface area (Å²) >= 11 is 0. The predicted octanol–water partition coefficient (Wildman–Crippen LogP) is 1.60. The molecule has 0 bridgehead atoms. The summed E-state index contributed by atoms with van der Waals surface area (Å²) in [6.45, 7) is 6.68. The molecule has 5 nitrogen and oxygen atoms in total. The van der Waals surface area contributed by atoms with Gasteiger partial charge in [0.05, 0.1) is 17.5 Å². The van der Waals surface area contributed by atoms with Gasteiger partial charge >= 0.3 is 7.12 Å². The normalized spacial score (nSPS) is 12.5. The molecule has 0 amide bonds. The first-order chi connectivity index (χ1) is 9.71. The van der Waals surface area contributed by atoms with E-state index in [9.17, 15) is 10.1 Å². The summed E-state index contributed by atoms with van der Waals surface area (Å²) in [6, 6.07) is 5.41. The van der Waals surface area contributed by atoms with Crippen molar-refractivity contribution in [3.8, 4) is 11.1 Å². The van der Waals surface area contributed by atoms with Crippen LogP contribution in [0.1, 0.15) is 27.7 Å². The molecule has 2 aromatic heterocycles. The Balaban J connectivity index is 2.15. The second-order valence-electron chi connectivity index (χ2n) is 6.01. The predicted molar refractivity (Wildman–Crippen MR) is 81.0 cm³/mol. The van der Waals surface area contributed by atoms with Gasteiger partial charge in [-0.15, -0.1) is 0 Å². The average molecular weight is 289 g/mol. The zero-order chi connectivity index (χ0) is 15.7. The molecule has 2 rings (SSSR count). The molecular weight excluding hydrogens is 269 g/mol. The van der Waals surface area contributed by atoms with Gasteiger partial charge in [-0.05, 0) is 51.5 Å². The molecule has 0 saturated carbocycles. The Morgan fingerprint density at radius 2 is 1.76 bits per heavy atom. The number of furan rings is 1. The lowest BCUT2D eigenvalue weighted by Gasteiger charge is -2.38. The highest BCUT2D eigenvalue weighted by molar-refractivity contribution is 6.58. The molecule has 0 aromatic carbocycles. The molecule has 0 spiro atoms. The second-order valence-corrected chi connectivity index (χ2v) is 6.01. The highest BCUT2D eigenvalue weighted by Crippen LogP contribution is 2.26. The summed E-state index contributed by atoms with van der Waals surface area (Å²) in [5, 5.41) is 20.2. The molecule has 2 aromatic rings. The average Bonchev–Trinajstić information content (AvgIpc) is 2.87. The van der Waals surface area contributed by atoms with Crippen LogP contribution in [0.25, 0.3) is 11.1 Å². The fourth-order valence-corrected chi connectivity index (χ4v) is 1.66. The lowest BCUT2D eigenvalue weighted by molar-refractivity contribution is -0.0986. The maximum Gasteiger partial charge on any atom is 0.529 e. The van der Waals surface area contributed by atoms with Gasteiger partial charge in [0.25, 0.3) is 0 Å². The highest BCUT2D eigenvalue weighted by atomic mass is 16.6. The molecule has 0 aliphatic heterocycles. The Morgan fingerprint density at radius 1 is 1.14 bits per heavy atom. The van der Waals surface area contributed by atoms with Crippen LogP contribution in [0.2, 0.25) is 0 Å². The van der Waals surface area contributed by atoms with E-state index in [2.05, 4.69) is 4.98 Å². The van der Waals surface area contributed by atoms with E-state index in [0.29, 0.717) is 5.66 Å². The SMILES string of the molecule is CC(C)(O)C(C)(C)OB(O)c1cc(-c2ccncc2)co1. The van der Waals surface area contributed by atoms with Crippen molar-refractivity contribution in [2.45, 2.75) is 38.9 Å². The Morgan fingerprint density at radius 3 is 2.33 bits per heavy atom. The van der Waals surface area contributed by atoms with Gasteiger partial charge in [0.2, 0.25) is 0 Å². The smallest absolute Gasteiger partial charge is 0.472 e. The van der Waals surface area contributed by atoms with Crippen LogP contribution in [0.3, 0.4) is 0 Å². The zero-order valence-electron chi connectivity index (χ0n) is 12.7. The van der Waals surface area contributed by atoms with Crippen molar-refractivity contribution in [3.63, 3.8) is 0 Å². The summed E-state index contributed by atoms with van der Waals surface area (Å²) in [5.41, 5.74) is 0.0223. The monoisotopic (exact) mass is 289 g/mol. The van der Waals surface area contributed by atoms with Crippen LogP contribution in [0, 0.1) is 0 Å². The molecule has 0 unspecified atom stereocenters. The first-order valence-corrected chi connectivity index (χ1v) is 6.78. The van der Waals surface area contributed by atoms with Crippen LogP contribution in [0.5, 0.6) is 0 Å². The molecule has 0 atom stereocenters. The van der Waals surface area contributed by atoms with Crippen LogP contribution >= 0.6 is 0 Å². The number of nitrogens with zero attached hydrogens (tertiary/aromatic N) is 1. The van der Waals surface area contributed by atoms with Crippen LogP contribution in [-0.4, -0.2) is 33.4 Å². The Hall–Kier alpha value is -1.63. The third-order valence-corrected chi connectivity index (χ3v) is 3.76. The van der Waals surface area contributed by atoms with Gasteiger partial charge in [0.15, 0.2) is 0 Å². The first-order valence-electron chi connectivity index (χ1n) is 6.78. The minimum absolute atomic E-state index is 0.291. The van der Waals surface area contributed by atoms with E-state index in [1.807, 2.05) is 12.1 Å². The van der Waals surface area contributed by atoms with Gasteiger partial charge < -0.3 is 19.2 Å². The van der Waals surface area contributed by atoms with Crippen LogP contribution < -0.4 is 5.66 Å². The van der Waals surface area contributed by atoms with Crippen molar-refractivity contribution in [1.29, 1.82) is 0 Å². The van der Waals surface area contributed by atoms with Gasteiger partial charge in [-0.25, -0.2) is 0 Å². The van der Waals surface area contributed by atoms with E-state index >= 15 is 0 Å². The number of aliphatic hydroxyl groups is 1. The summed E-state index contributed by atoms with van der Waals surface area (Å²) in [7, 11) is -1.25. The maximum atomic E-state index is 10.1. The van der Waals surface area contributed by atoms with Gasteiger partial charge in [0, 0.05) is 18.0 Å². The van der Waals surface area contributed by atoms with E-state index in [0.717, 1.165) is 11.1 Å². The van der Waals surface area contributed by atoms with Gasteiger partial charge in [-0.3, -0.25) is 4.98 Å². The molecule has 21 heavy (non-hydrogen) atoms. The van der Waals surface area contributed by atoms with E-state index in [1.165, 1.54) is 0 Å². The Bertz CT molecular complexity index is 589. The topological polar surface area (TPSA) is 75.7 Å². The van der Waals surface area contributed by atoms with E-state index in [1.54, 1.807) is 52.4 Å². The second kappa shape index (κ2) is 5.64. The maximum absolute atomic E-state index is 10.1. The summed E-state index contributed by atoms with van der Waals surface area (Å²) in [4.78, 5) is 3.96. The highest BCUT2D eigenvalue weighted by Gasteiger charge is 2.40. The van der Waals surface area contributed by atoms with Crippen molar-refractivity contribution in [2.75, 3.05) is 0 Å². The lowest BCUT2D eigenvalue weighted by Crippen LogP contribution is -2.52. The molecule has 0 radical (unpaired) electrons. The fraction of sp³-hybridized carbons (Fsp3) is 0.400. The molecule has 0 fully saturated rings. The quantitative estimate of drug-likeness (QED) is 0.818. The summed E-state index contributed by atoms with van der Waals surface area (Å²) in [6.07, 6.45) is 4.92. The number of pyridine rings is 1. The molecule has 0 saturated heterocycles. The third-order valence-electron chi connectivity index (χ3n) is 3.76. The van der Waals surface area contributed by atoms with Crippen molar-refractivity contribution in [2.24, 2.45) is 0 Å². The Kier molecular flexibility index (Phi) is 4.23. The van der Waals surface area contributed by atoms with Crippen molar-refractivity contribution < 1.29 is 19.2 Å². The largest absolute Gasteiger partial charge is 0.529 e. The molecule has 2 N–H and O–H groups in total. The molecule has 0 aliphatic carbocycles. The standard InChI is InChI=1S/C15H20BNO4/c1-14(2,18)15(3,4)21-16(19)13-9-12(10-20-13)11-5-7-17-8-6-11/h5-10,18-19H,1-4H3. The van der Waals surface area contributed by atoms with Crippen molar-refractivity contribution in [3.05, 3.63) is 36.9 Å². The number of aromatic nitrogens is 1. The van der Waals surface area contributed by atoms with Gasteiger partial charge in [-0.2, -0.15) is 0 Å². The van der Waals surface area contributed by atoms with Crippen molar-refractivity contribution in [1.82, 2.24) is 4.98 Å². The van der Waals surface area contributed by atoms with Crippen LogP contribution in [0.4, 0.5) is 0 Å². The third kappa shape index (κ3) is 3.53. The number of hydrogen-bond donors (Lipinski definition) is 2. The van der Waals surface area contributed by atoms with Gasteiger partial charge in [0.1, 0.15) is 5.66 Å². The zero-order valence-corrected chi connectivity index (χ0v) is 12.7. The Labute approximate surface area is 124 Å². The minimum atomic E-state index is -1.25. The van der Waals surface area contributed by atoms with E-state index in [-0.39, 0.29) is 0 Å². The molecule has 112 valence electrons. The summed E-state index contributed by atoms with van der Waals surface area (Å²) in [5.74, 6) is 0. The van der Waals surface area contributed by atoms with Crippen LogP contribution in [-0.2, 0) is 4.65 Å². The van der Waals surface area contributed by atoms with E-state index in [4.69, 9.17) is 9.07 Å². The number of rotatable bonds is 5. The fourth-order valence-electron chi connectivity index (χ4n) is 1.66. The van der Waals surface area contributed by atoms with Crippen LogP contribution in [0.15, 0.2) is 41.3 Å². The molecule has 6 heteroatoms. The van der Waals surface area contributed by atoms with Gasteiger partial charge in [-0.1, -0.05) is 0 Å². The molecule has 2 heterocycles. The summed E-state index contributed by atoms with van der Waals surface area (Å²) < 4.78 is 10.9.